The van der Waals surface area contributed by atoms with Crippen molar-refractivity contribution in [1.29, 1.82) is 0 Å². The maximum Gasteiger partial charge on any atom is 0.411 e. The maximum atomic E-state index is 12.3. The van der Waals surface area contributed by atoms with Crippen LogP contribution >= 0.6 is 0 Å². The van der Waals surface area contributed by atoms with Crippen molar-refractivity contribution in [3.63, 3.8) is 0 Å². The third kappa shape index (κ3) is 6.14. The minimum Gasteiger partial charge on any atom is -0.481 e. The fraction of sp³-hybridized carbons (Fsp3) is 0.250. The average molecular weight is 370 g/mol. The van der Waals surface area contributed by atoms with E-state index < -0.39 is 12.2 Å². The highest BCUT2D eigenvalue weighted by molar-refractivity contribution is 5.96. The molecule has 0 fully saturated rings. The summed E-state index contributed by atoms with van der Waals surface area (Å²) in [5.74, 6) is 0.0501. The van der Waals surface area contributed by atoms with E-state index in [-0.39, 0.29) is 18.3 Å². The van der Waals surface area contributed by atoms with Crippen LogP contribution in [-0.2, 0) is 9.53 Å². The van der Waals surface area contributed by atoms with Gasteiger partial charge in [0.15, 0.2) is 11.9 Å². The Balaban J connectivity index is 1.95. The van der Waals surface area contributed by atoms with Gasteiger partial charge in [-0.05, 0) is 57.2 Å². The molecule has 27 heavy (non-hydrogen) atoms. The van der Waals surface area contributed by atoms with Gasteiger partial charge in [0, 0.05) is 23.0 Å². The van der Waals surface area contributed by atoms with Gasteiger partial charge in [0.1, 0.15) is 5.75 Å². The van der Waals surface area contributed by atoms with Gasteiger partial charge < -0.3 is 14.8 Å². The summed E-state index contributed by atoms with van der Waals surface area (Å²) in [6.07, 6.45) is -1.33. The summed E-state index contributed by atoms with van der Waals surface area (Å²) in [5.41, 5.74) is 1.64. The second-order valence-electron chi connectivity index (χ2n) is 5.76. The van der Waals surface area contributed by atoms with Crippen LogP contribution in [0.3, 0.4) is 0 Å². The number of ketones is 1. The van der Waals surface area contributed by atoms with Gasteiger partial charge in [-0.3, -0.25) is 14.9 Å². The van der Waals surface area contributed by atoms with Crippen LogP contribution in [0, 0.1) is 0 Å². The van der Waals surface area contributed by atoms with Gasteiger partial charge in [-0.1, -0.05) is 6.07 Å². The third-order valence-corrected chi connectivity index (χ3v) is 3.60. The molecule has 2 aromatic carbocycles. The Kier molecular flexibility index (Phi) is 6.93. The maximum absolute atomic E-state index is 12.3. The molecule has 142 valence electrons. The van der Waals surface area contributed by atoms with Gasteiger partial charge in [0.2, 0.25) is 0 Å². The first-order chi connectivity index (χ1) is 12.9. The van der Waals surface area contributed by atoms with Crippen molar-refractivity contribution >= 4 is 29.2 Å². The Morgan fingerprint density at radius 3 is 2.33 bits per heavy atom. The quantitative estimate of drug-likeness (QED) is 0.722. The molecule has 7 nitrogen and oxygen atoms in total. The van der Waals surface area contributed by atoms with E-state index in [1.807, 2.05) is 0 Å². The molecule has 1 unspecified atom stereocenters. The van der Waals surface area contributed by atoms with Crippen LogP contribution in [0.5, 0.6) is 5.75 Å². The molecule has 0 aliphatic rings. The summed E-state index contributed by atoms with van der Waals surface area (Å²) in [4.78, 5) is 35.0. The number of carbonyl (C=O) groups is 3. The number of Topliss-reactive ketones (excluding diaryl/α,β-unsaturated/α-hetero) is 1. The van der Waals surface area contributed by atoms with Crippen LogP contribution in [0.15, 0.2) is 48.5 Å². The number of hydrogen-bond donors (Lipinski definition) is 2. The summed E-state index contributed by atoms with van der Waals surface area (Å²) in [6, 6.07) is 13.3. The van der Waals surface area contributed by atoms with Crippen LogP contribution in [0.4, 0.5) is 16.2 Å². The van der Waals surface area contributed by atoms with Crippen molar-refractivity contribution in [2.45, 2.75) is 26.9 Å². The molecular formula is C20H22N2O5. The fourth-order valence-electron chi connectivity index (χ4n) is 2.22. The normalized spacial score (nSPS) is 11.2. The molecule has 7 heteroatoms. The van der Waals surface area contributed by atoms with Gasteiger partial charge in [0.25, 0.3) is 5.91 Å². The van der Waals surface area contributed by atoms with Gasteiger partial charge >= 0.3 is 6.09 Å². The number of amides is 2. The van der Waals surface area contributed by atoms with E-state index in [0.717, 1.165) is 0 Å². The van der Waals surface area contributed by atoms with Crippen LogP contribution in [0.25, 0.3) is 0 Å². The molecule has 0 saturated heterocycles. The highest BCUT2D eigenvalue weighted by Gasteiger charge is 2.15. The first-order valence-electron chi connectivity index (χ1n) is 8.51. The lowest BCUT2D eigenvalue weighted by Gasteiger charge is -2.15. The summed E-state index contributed by atoms with van der Waals surface area (Å²) < 4.78 is 10.5. The van der Waals surface area contributed by atoms with Crippen LogP contribution in [0.2, 0.25) is 0 Å². The third-order valence-electron chi connectivity index (χ3n) is 3.60. The van der Waals surface area contributed by atoms with Crippen molar-refractivity contribution in [3.8, 4) is 5.75 Å². The second kappa shape index (κ2) is 9.38. The molecule has 0 aliphatic heterocycles. The number of rotatable bonds is 7. The van der Waals surface area contributed by atoms with Gasteiger partial charge in [-0.15, -0.1) is 0 Å². The molecule has 0 aliphatic carbocycles. The van der Waals surface area contributed by atoms with Crippen LogP contribution < -0.4 is 15.4 Å². The first-order valence-corrected chi connectivity index (χ1v) is 8.51. The summed E-state index contributed by atoms with van der Waals surface area (Å²) in [6.45, 7) is 5.08. The zero-order valence-electron chi connectivity index (χ0n) is 15.4. The zero-order valence-corrected chi connectivity index (χ0v) is 15.4. The highest BCUT2D eigenvalue weighted by Crippen LogP contribution is 2.19. The molecular weight excluding hydrogens is 348 g/mol. The van der Waals surface area contributed by atoms with E-state index in [2.05, 4.69) is 10.6 Å². The lowest BCUT2D eigenvalue weighted by atomic mass is 10.1. The number of hydrogen-bond acceptors (Lipinski definition) is 5. The Hall–Kier alpha value is -3.35. The molecule has 0 bridgehead atoms. The van der Waals surface area contributed by atoms with Crippen molar-refractivity contribution in [2.75, 3.05) is 17.2 Å². The topological polar surface area (TPSA) is 93.7 Å². The molecule has 0 saturated carbocycles. The lowest BCUT2D eigenvalue weighted by Crippen LogP contribution is -2.30. The smallest absolute Gasteiger partial charge is 0.411 e. The number of anilines is 2. The SMILES string of the molecule is CCOC(=O)Nc1cccc(OC(C)C(=O)Nc2ccc(C(C)=O)cc2)c1. The second-order valence-corrected chi connectivity index (χ2v) is 5.76. The minimum absolute atomic E-state index is 0.0408. The van der Waals surface area contributed by atoms with Crippen LogP contribution in [0.1, 0.15) is 31.1 Å². The molecule has 2 rings (SSSR count). The Bertz CT molecular complexity index is 817. The molecule has 2 N–H and O–H groups in total. The molecule has 0 aromatic heterocycles. The van der Waals surface area contributed by atoms with Crippen molar-refractivity contribution in [2.24, 2.45) is 0 Å². The first kappa shape index (κ1) is 20.0. The summed E-state index contributed by atoms with van der Waals surface area (Å²) in [5, 5.41) is 5.30. The predicted molar refractivity (Wildman–Crippen MR) is 102 cm³/mol. The van der Waals surface area contributed by atoms with E-state index in [4.69, 9.17) is 9.47 Å². The van der Waals surface area contributed by atoms with Crippen LogP contribution in [-0.4, -0.2) is 30.5 Å². The van der Waals surface area contributed by atoms with E-state index in [1.54, 1.807) is 62.4 Å². The number of carbonyl (C=O) groups excluding carboxylic acids is 3. The molecule has 0 spiro atoms. The van der Waals surface area contributed by atoms with E-state index in [0.29, 0.717) is 22.7 Å². The summed E-state index contributed by atoms with van der Waals surface area (Å²) >= 11 is 0. The monoisotopic (exact) mass is 370 g/mol. The van der Waals surface area contributed by atoms with E-state index >= 15 is 0 Å². The zero-order chi connectivity index (χ0) is 19.8. The lowest BCUT2D eigenvalue weighted by molar-refractivity contribution is -0.122. The molecule has 2 aromatic rings. The standard InChI is InChI=1S/C20H22N2O5/c1-4-26-20(25)22-17-6-5-7-18(12-17)27-14(3)19(24)21-16-10-8-15(9-11-16)13(2)23/h5-12,14H,4H2,1-3H3,(H,21,24)(H,22,25). The molecule has 0 heterocycles. The predicted octanol–water partition coefficient (Wildman–Crippen LogP) is 3.86. The van der Waals surface area contributed by atoms with Gasteiger partial charge in [-0.2, -0.15) is 0 Å². The minimum atomic E-state index is -0.768. The molecule has 0 radical (unpaired) electrons. The Morgan fingerprint density at radius 2 is 1.70 bits per heavy atom. The largest absolute Gasteiger partial charge is 0.481 e. The fourth-order valence-corrected chi connectivity index (χ4v) is 2.22. The number of benzene rings is 2. The van der Waals surface area contributed by atoms with E-state index in [9.17, 15) is 14.4 Å². The Labute approximate surface area is 157 Å². The number of ether oxygens (including phenoxy) is 2. The molecule has 1 atom stereocenters. The Morgan fingerprint density at radius 1 is 1.00 bits per heavy atom. The summed E-state index contributed by atoms with van der Waals surface area (Å²) in [7, 11) is 0. The number of nitrogens with one attached hydrogen (secondary N) is 2. The van der Waals surface area contributed by atoms with Gasteiger partial charge in [0.05, 0.1) is 6.61 Å². The highest BCUT2D eigenvalue weighted by atomic mass is 16.5. The van der Waals surface area contributed by atoms with Gasteiger partial charge in [-0.25, -0.2) is 4.79 Å². The van der Waals surface area contributed by atoms with Crippen molar-refractivity contribution < 1.29 is 23.9 Å². The van der Waals surface area contributed by atoms with Crippen molar-refractivity contribution in [3.05, 3.63) is 54.1 Å². The average Bonchev–Trinajstić information content (AvgIpc) is 2.62. The molecule has 2 amide bonds. The van der Waals surface area contributed by atoms with E-state index in [1.165, 1.54) is 6.92 Å². The van der Waals surface area contributed by atoms with Crippen molar-refractivity contribution in [1.82, 2.24) is 0 Å².